The SMILES string of the molecule is CCc1nc2ccc(-c3cnc(N4CCCS4(O)O)cn3)cn2c1N(CC)c1nc(-c2ccc(F)cc2)c(C#N)s1. The molecule has 0 spiro atoms. The lowest BCUT2D eigenvalue weighted by Gasteiger charge is -2.36. The maximum atomic E-state index is 13.5. The van der Waals surface area contributed by atoms with Gasteiger partial charge in [0.1, 0.15) is 33.9 Å². The van der Waals surface area contributed by atoms with Gasteiger partial charge in [0, 0.05) is 30.4 Å². The average molecular weight is 591 g/mol. The van der Waals surface area contributed by atoms with Gasteiger partial charge >= 0.3 is 0 Å². The van der Waals surface area contributed by atoms with E-state index in [4.69, 9.17) is 9.97 Å². The Kier molecular flexibility index (Phi) is 7.08. The molecule has 0 radical (unpaired) electrons. The fourth-order valence-electron chi connectivity index (χ4n) is 4.96. The summed E-state index contributed by atoms with van der Waals surface area (Å²) in [5.74, 6) is 1.27. The van der Waals surface area contributed by atoms with Crippen molar-refractivity contribution in [3.05, 3.63) is 71.4 Å². The highest BCUT2D eigenvalue weighted by Gasteiger charge is 2.30. The van der Waals surface area contributed by atoms with Crippen LogP contribution >= 0.6 is 22.1 Å². The van der Waals surface area contributed by atoms with Crippen LogP contribution in [0.3, 0.4) is 0 Å². The topological polar surface area (TPSA) is 127 Å². The first kappa shape index (κ1) is 27.1. The van der Waals surface area contributed by atoms with Crippen LogP contribution in [0.2, 0.25) is 0 Å². The van der Waals surface area contributed by atoms with E-state index in [1.807, 2.05) is 41.5 Å². The van der Waals surface area contributed by atoms with E-state index in [9.17, 15) is 18.8 Å². The minimum Gasteiger partial charge on any atom is -0.302 e. The second-order valence-corrected chi connectivity index (χ2v) is 12.6. The number of nitrogens with zero attached hydrogens (tertiary/aromatic N) is 8. The van der Waals surface area contributed by atoms with Crippen molar-refractivity contribution >= 4 is 44.5 Å². The fraction of sp³-hybridized carbons (Fsp3) is 0.250. The van der Waals surface area contributed by atoms with E-state index in [1.165, 1.54) is 27.8 Å². The van der Waals surface area contributed by atoms with Crippen LogP contribution in [0, 0.1) is 17.1 Å². The lowest BCUT2D eigenvalue weighted by Crippen LogP contribution is -2.23. The number of nitriles is 1. The highest BCUT2D eigenvalue weighted by Crippen LogP contribution is 2.50. The Bertz CT molecular complexity index is 1760. The molecular formula is C28H27FN8O2S2. The average Bonchev–Trinajstić information content (AvgIpc) is 3.68. The predicted octanol–water partition coefficient (Wildman–Crippen LogP) is 6.52. The Morgan fingerprint density at radius 3 is 2.49 bits per heavy atom. The van der Waals surface area contributed by atoms with Gasteiger partial charge in [-0.15, -0.1) is 10.8 Å². The van der Waals surface area contributed by atoms with E-state index in [1.54, 1.807) is 24.5 Å². The van der Waals surface area contributed by atoms with Crippen LogP contribution in [0.25, 0.3) is 28.2 Å². The molecule has 10 nitrogen and oxygen atoms in total. The zero-order chi connectivity index (χ0) is 28.7. The summed E-state index contributed by atoms with van der Waals surface area (Å²) >= 11 is 1.28. The molecular weight excluding hydrogens is 563 g/mol. The number of fused-ring (bicyclic) bond motifs is 1. The standard InChI is InChI=1S/C28H27FN8O2S2/c1-3-21-27(35(4-2)28-34-26(23(14-30)40-28)18-6-9-20(29)10-7-18)36-17-19(8-11-24(36)33-21)22-15-32-25(16-31-22)37-12-5-13-41(37,38)39/h6-11,15-17,38-39H,3-5,12-13H2,1-2H3. The van der Waals surface area contributed by atoms with Crippen LogP contribution < -0.4 is 9.21 Å². The number of benzene rings is 1. The zero-order valence-corrected chi connectivity index (χ0v) is 24.0. The summed E-state index contributed by atoms with van der Waals surface area (Å²) in [4.78, 5) is 21.2. The lowest BCUT2D eigenvalue weighted by atomic mass is 10.1. The van der Waals surface area contributed by atoms with Crippen molar-refractivity contribution in [1.29, 1.82) is 5.26 Å². The van der Waals surface area contributed by atoms with Crippen molar-refractivity contribution < 1.29 is 13.5 Å². The summed E-state index contributed by atoms with van der Waals surface area (Å²) < 4.78 is 37.6. The number of hydrogen-bond donors (Lipinski definition) is 2. The second kappa shape index (κ2) is 10.7. The zero-order valence-electron chi connectivity index (χ0n) is 22.4. The fourth-order valence-corrected chi connectivity index (χ4v) is 7.46. The van der Waals surface area contributed by atoms with Gasteiger partial charge in [-0.05, 0) is 56.2 Å². The van der Waals surface area contributed by atoms with Crippen molar-refractivity contribution in [3.63, 3.8) is 0 Å². The molecule has 1 fully saturated rings. The number of anilines is 3. The van der Waals surface area contributed by atoms with Gasteiger partial charge in [-0.1, -0.05) is 18.3 Å². The summed E-state index contributed by atoms with van der Waals surface area (Å²) in [5.41, 5.74) is 4.27. The van der Waals surface area contributed by atoms with E-state index in [0.29, 0.717) is 64.5 Å². The Labute approximate surface area is 241 Å². The molecule has 0 bridgehead atoms. The number of hydrogen-bond acceptors (Lipinski definition) is 10. The van der Waals surface area contributed by atoms with E-state index in [-0.39, 0.29) is 5.82 Å². The van der Waals surface area contributed by atoms with Gasteiger partial charge in [0.15, 0.2) is 10.9 Å². The Morgan fingerprint density at radius 1 is 1.07 bits per heavy atom. The molecule has 2 N–H and O–H groups in total. The summed E-state index contributed by atoms with van der Waals surface area (Å²) in [6, 6.07) is 12.1. The van der Waals surface area contributed by atoms with Crippen LogP contribution in [0.5, 0.6) is 0 Å². The Morgan fingerprint density at radius 2 is 1.85 bits per heavy atom. The van der Waals surface area contributed by atoms with E-state index in [0.717, 1.165) is 22.7 Å². The molecule has 0 atom stereocenters. The van der Waals surface area contributed by atoms with Gasteiger partial charge in [-0.2, -0.15) is 5.26 Å². The molecule has 0 saturated carbocycles. The van der Waals surface area contributed by atoms with Crippen LogP contribution in [0.1, 0.15) is 30.8 Å². The monoisotopic (exact) mass is 590 g/mol. The van der Waals surface area contributed by atoms with Crippen molar-refractivity contribution in [3.8, 4) is 28.6 Å². The third-order valence-corrected chi connectivity index (χ3v) is 9.85. The molecule has 4 aromatic heterocycles. The molecule has 0 unspecified atom stereocenters. The molecule has 6 rings (SSSR count). The maximum absolute atomic E-state index is 13.5. The smallest absolute Gasteiger partial charge is 0.192 e. The summed E-state index contributed by atoms with van der Waals surface area (Å²) in [6.45, 7) is 5.16. The molecule has 1 aromatic carbocycles. The number of pyridine rings is 1. The van der Waals surface area contributed by atoms with Crippen LogP contribution in [0.15, 0.2) is 55.0 Å². The minimum absolute atomic E-state index is 0.338. The van der Waals surface area contributed by atoms with Crippen molar-refractivity contribution in [2.45, 2.75) is 26.7 Å². The van der Waals surface area contributed by atoms with E-state index < -0.39 is 10.8 Å². The third-order valence-electron chi connectivity index (χ3n) is 6.96. The van der Waals surface area contributed by atoms with Crippen molar-refractivity contribution in [1.82, 2.24) is 24.3 Å². The Hall–Kier alpha value is -4.09. The molecule has 13 heteroatoms. The molecule has 0 aliphatic carbocycles. The number of halogens is 1. The summed E-state index contributed by atoms with van der Waals surface area (Å²) in [7, 11) is -2.84. The Balaban J connectivity index is 1.40. The van der Waals surface area contributed by atoms with Gasteiger partial charge in [-0.25, -0.2) is 19.3 Å². The highest BCUT2D eigenvalue weighted by atomic mass is 32.3. The number of aromatic nitrogens is 5. The molecule has 1 aliphatic rings. The lowest BCUT2D eigenvalue weighted by molar-refractivity contribution is 0.491. The summed E-state index contributed by atoms with van der Waals surface area (Å²) in [5, 5.41) is 10.5. The van der Waals surface area contributed by atoms with Gasteiger partial charge in [0.25, 0.3) is 0 Å². The van der Waals surface area contributed by atoms with Crippen LogP contribution in [-0.2, 0) is 6.42 Å². The first-order valence-electron chi connectivity index (χ1n) is 13.1. The highest BCUT2D eigenvalue weighted by molar-refractivity contribution is 8.25. The molecule has 210 valence electrons. The molecule has 1 saturated heterocycles. The normalized spacial score (nSPS) is 15.3. The quantitative estimate of drug-likeness (QED) is 0.218. The van der Waals surface area contributed by atoms with Crippen molar-refractivity contribution in [2.75, 3.05) is 28.0 Å². The molecule has 0 amide bonds. The number of imidazole rings is 1. The van der Waals surface area contributed by atoms with Crippen LogP contribution in [0.4, 0.5) is 21.2 Å². The largest absolute Gasteiger partial charge is 0.302 e. The predicted molar refractivity (Wildman–Crippen MR) is 160 cm³/mol. The first-order chi connectivity index (χ1) is 19.8. The van der Waals surface area contributed by atoms with Crippen LogP contribution in [-0.4, -0.2) is 52.3 Å². The summed E-state index contributed by atoms with van der Waals surface area (Å²) in [6.07, 6.45) is 6.53. The van der Waals surface area contributed by atoms with Gasteiger partial charge in [0.05, 0.1) is 29.5 Å². The number of thiazole rings is 1. The maximum Gasteiger partial charge on any atom is 0.192 e. The molecule has 5 heterocycles. The second-order valence-electron chi connectivity index (χ2n) is 9.47. The first-order valence-corrected chi connectivity index (χ1v) is 15.6. The molecule has 41 heavy (non-hydrogen) atoms. The van der Waals surface area contributed by atoms with Gasteiger partial charge in [-0.3, -0.25) is 22.8 Å². The van der Waals surface area contributed by atoms with Gasteiger partial charge < -0.3 is 4.90 Å². The number of aryl methyl sites for hydroxylation is 1. The third kappa shape index (κ3) is 4.89. The van der Waals surface area contributed by atoms with E-state index >= 15 is 0 Å². The molecule has 5 aromatic rings. The minimum atomic E-state index is -2.84. The van der Waals surface area contributed by atoms with E-state index in [2.05, 4.69) is 16.0 Å². The van der Waals surface area contributed by atoms with Gasteiger partial charge in [0.2, 0.25) is 0 Å². The molecule has 1 aliphatic heterocycles. The number of rotatable bonds is 7. The van der Waals surface area contributed by atoms with Crippen molar-refractivity contribution in [2.24, 2.45) is 0 Å².